The standard InChI is InChI=1S/C17H12F3NO3/c1-23-13-3-2-4-14-16(13)12(22)9-15(24-14)21-11-7-5-10(6-8-11)17(18,19)20/h2-9,21H,1H3. The molecular weight excluding hydrogens is 323 g/mol. The van der Waals surface area contributed by atoms with Gasteiger partial charge in [-0.2, -0.15) is 13.2 Å². The monoisotopic (exact) mass is 335 g/mol. The summed E-state index contributed by atoms with van der Waals surface area (Å²) in [6, 6.07) is 10.6. The maximum atomic E-state index is 12.6. The van der Waals surface area contributed by atoms with Gasteiger partial charge < -0.3 is 14.5 Å². The van der Waals surface area contributed by atoms with Gasteiger partial charge in [-0.15, -0.1) is 0 Å². The summed E-state index contributed by atoms with van der Waals surface area (Å²) in [5, 5.41) is 3.08. The van der Waals surface area contributed by atoms with E-state index < -0.39 is 11.7 Å². The molecule has 0 aliphatic rings. The first-order valence-corrected chi connectivity index (χ1v) is 6.93. The molecule has 0 aliphatic heterocycles. The summed E-state index contributed by atoms with van der Waals surface area (Å²) in [4.78, 5) is 12.2. The lowest BCUT2D eigenvalue weighted by atomic mass is 10.2. The Labute approximate surface area is 134 Å². The smallest absolute Gasteiger partial charge is 0.416 e. The van der Waals surface area contributed by atoms with Gasteiger partial charge in [-0.05, 0) is 36.4 Å². The Morgan fingerprint density at radius 3 is 2.42 bits per heavy atom. The molecule has 24 heavy (non-hydrogen) atoms. The molecule has 0 fully saturated rings. The maximum absolute atomic E-state index is 12.6. The van der Waals surface area contributed by atoms with Crippen molar-refractivity contribution < 1.29 is 22.3 Å². The molecule has 2 aromatic carbocycles. The van der Waals surface area contributed by atoms with Gasteiger partial charge >= 0.3 is 6.18 Å². The van der Waals surface area contributed by atoms with Crippen molar-refractivity contribution in [1.29, 1.82) is 0 Å². The van der Waals surface area contributed by atoms with E-state index in [1.54, 1.807) is 18.2 Å². The van der Waals surface area contributed by atoms with Crippen LogP contribution in [0, 0.1) is 0 Å². The van der Waals surface area contributed by atoms with Gasteiger partial charge in [0.25, 0.3) is 0 Å². The molecule has 0 atom stereocenters. The molecule has 7 heteroatoms. The van der Waals surface area contributed by atoms with Crippen molar-refractivity contribution in [2.75, 3.05) is 12.4 Å². The largest absolute Gasteiger partial charge is 0.496 e. The van der Waals surface area contributed by atoms with E-state index in [1.165, 1.54) is 25.3 Å². The van der Waals surface area contributed by atoms with Gasteiger partial charge in [0.2, 0.25) is 5.88 Å². The van der Waals surface area contributed by atoms with Crippen LogP contribution in [0.15, 0.2) is 57.7 Å². The van der Waals surface area contributed by atoms with Crippen LogP contribution in [0.2, 0.25) is 0 Å². The lowest BCUT2D eigenvalue weighted by Crippen LogP contribution is -2.05. The first-order chi connectivity index (χ1) is 11.4. The van der Waals surface area contributed by atoms with Crippen LogP contribution in [-0.2, 0) is 6.18 Å². The molecule has 0 bridgehead atoms. The number of fused-ring (bicyclic) bond motifs is 1. The number of alkyl halides is 3. The maximum Gasteiger partial charge on any atom is 0.416 e. The summed E-state index contributed by atoms with van der Waals surface area (Å²) in [5.41, 5.74) is -0.384. The van der Waals surface area contributed by atoms with E-state index in [2.05, 4.69) is 5.32 Å². The molecule has 0 amide bonds. The SMILES string of the molecule is COc1cccc2oc(Nc3ccc(C(F)(F)F)cc3)cc(=O)c12. The first kappa shape index (κ1) is 15.9. The minimum atomic E-state index is -4.40. The van der Waals surface area contributed by atoms with E-state index in [1.807, 2.05) is 0 Å². The Morgan fingerprint density at radius 1 is 1.08 bits per heavy atom. The van der Waals surface area contributed by atoms with Crippen molar-refractivity contribution >= 4 is 22.5 Å². The second-order valence-corrected chi connectivity index (χ2v) is 5.01. The van der Waals surface area contributed by atoms with Gasteiger partial charge in [0.15, 0.2) is 5.43 Å². The predicted molar refractivity (Wildman–Crippen MR) is 83.8 cm³/mol. The van der Waals surface area contributed by atoms with Crippen LogP contribution in [0.1, 0.15) is 5.56 Å². The van der Waals surface area contributed by atoms with E-state index in [0.717, 1.165) is 12.1 Å². The zero-order valence-electron chi connectivity index (χ0n) is 12.5. The Bertz CT molecular complexity index is 930. The topological polar surface area (TPSA) is 51.5 Å². The number of benzene rings is 2. The van der Waals surface area contributed by atoms with Crippen LogP contribution in [0.5, 0.6) is 5.75 Å². The van der Waals surface area contributed by atoms with Crippen LogP contribution >= 0.6 is 0 Å². The fourth-order valence-electron chi connectivity index (χ4n) is 2.29. The van der Waals surface area contributed by atoms with Crippen molar-refractivity contribution in [2.24, 2.45) is 0 Å². The molecule has 1 N–H and O–H groups in total. The summed E-state index contributed by atoms with van der Waals surface area (Å²) >= 11 is 0. The Kier molecular flexibility index (Phi) is 3.92. The van der Waals surface area contributed by atoms with Crippen LogP contribution in [0.4, 0.5) is 24.7 Å². The summed E-state index contributed by atoms with van der Waals surface area (Å²) < 4.78 is 48.4. The van der Waals surface area contributed by atoms with E-state index in [0.29, 0.717) is 22.4 Å². The van der Waals surface area contributed by atoms with E-state index >= 15 is 0 Å². The first-order valence-electron chi connectivity index (χ1n) is 6.93. The molecule has 1 heterocycles. The summed E-state index contributed by atoms with van der Waals surface area (Å²) in [5.74, 6) is 0.517. The Hall–Kier alpha value is -2.96. The number of methoxy groups -OCH3 is 1. The highest BCUT2D eigenvalue weighted by Gasteiger charge is 2.29. The van der Waals surface area contributed by atoms with Crippen molar-refractivity contribution in [3.05, 3.63) is 64.3 Å². The average Bonchev–Trinajstić information content (AvgIpc) is 2.53. The third-order valence-corrected chi connectivity index (χ3v) is 3.42. The molecule has 0 aliphatic carbocycles. The van der Waals surface area contributed by atoms with Crippen molar-refractivity contribution in [1.82, 2.24) is 0 Å². The van der Waals surface area contributed by atoms with Gasteiger partial charge in [0, 0.05) is 11.8 Å². The second-order valence-electron chi connectivity index (χ2n) is 5.01. The Balaban J connectivity index is 1.95. The van der Waals surface area contributed by atoms with Gasteiger partial charge in [-0.1, -0.05) is 6.07 Å². The van der Waals surface area contributed by atoms with Gasteiger partial charge in [-0.3, -0.25) is 4.79 Å². The lowest BCUT2D eigenvalue weighted by Gasteiger charge is -2.10. The molecule has 0 unspecified atom stereocenters. The molecule has 3 rings (SSSR count). The Morgan fingerprint density at radius 2 is 1.79 bits per heavy atom. The van der Waals surface area contributed by atoms with Crippen LogP contribution < -0.4 is 15.5 Å². The predicted octanol–water partition coefficient (Wildman–Crippen LogP) is 4.56. The van der Waals surface area contributed by atoms with Crippen molar-refractivity contribution in [2.45, 2.75) is 6.18 Å². The van der Waals surface area contributed by atoms with E-state index in [-0.39, 0.29) is 11.3 Å². The normalized spacial score (nSPS) is 11.5. The third-order valence-electron chi connectivity index (χ3n) is 3.42. The molecule has 0 saturated heterocycles. The van der Waals surface area contributed by atoms with Crippen molar-refractivity contribution in [3.63, 3.8) is 0 Å². The number of anilines is 2. The number of halogens is 3. The zero-order chi connectivity index (χ0) is 17.3. The lowest BCUT2D eigenvalue weighted by molar-refractivity contribution is -0.137. The highest BCUT2D eigenvalue weighted by atomic mass is 19.4. The number of hydrogen-bond acceptors (Lipinski definition) is 4. The van der Waals surface area contributed by atoms with Crippen LogP contribution in [0.3, 0.4) is 0 Å². The zero-order valence-corrected chi connectivity index (χ0v) is 12.5. The second kappa shape index (κ2) is 5.92. The highest BCUT2D eigenvalue weighted by molar-refractivity contribution is 5.84. The minimum Gasteiger partial charge on any atom is -0.496 e. The van der Waals surface area contributed by atoms with Crippen molar-refractivity contribution in [3.8, 4) is 5.75 Å². The van der Waals surface area contributed by atoms with Gasteiger partial charge in [0.05, 0.1) is 12.7 Å². The number of ether oxygens (including phenoxy) is 1. The molecular formula is C17H12F3NO3. The molecule has 0 saturated carbocycles. The quantitative estimate of drug-likeness (QED) is 0.762. The number of nitrogens with one attached hydrogen (secondary N) is 1. The summed E-state index contributed by atoms with van der Waals surface area (Å²) in [6.07, 6.45) is -4.40. The highest BCUT2D eigenvalue weighted by Crippen LogP contribution is 2.31. The fraction of sp³-hybridized carbons (Fsp3) is 0.118. The molecule has 4 nitrogen and oxygen atoms in total. The molecule has 1 aromatic heterocycles. The van der Waals surface area contributed by atoms with Crippen LogP contribution in [-0.4, -0.2) is 7.11 Å². The molecule has 0 radical (unpaired) electrons. The van der Waals surface area contributed by atoms with E-state index in [4.69, 9.17) is 9.15 Å². The number of hydrogen-bond donors (Lipinski definition) is 1. The third kappa shape index (κ3) is 3.05. The number of rotatable bonds is 3. The van der Waals surface area contributed by atoms with Gasteiger partial charge in [-0.25, -0.2) is 0 Å². The van der Waals surface area contributed by atoms with E-state index in [9.17, 15) is 18.0 Å². The minimum absolute atomic E-state index is 0.125. The molecule has 124 valence electrons. The molecule has 0 spiro atoms. The fourth-order valence-corrected chi connectivity index (χ4v) is 2.29. The summed E-state index contributed by atoms with van der Waals surface area (Å²) in [6.45, 7) is 0. The van der Waals surface area contributed by atoms with Crippen LogP contribution in [0.25, 0.3) is 11.0 Å². The molecule has 3 aromatic rings. The van der Waals surface area contributed by atoms with Gasteiger partial charge in [0.1, 0.15) is 16.7 Å². The average molecular weight is 335 g/mol. The summed E-state index contributed by atoms with van der Waals surface area (Å²) in [7, 11) is 1.45.